The smallest absolute Gasteiger partial charge is 0.317 e. The van der Waals surface area contributed by atoms with E-state index in [1.54, 1.807) is 11.0 Å². The maximum Gasteiger partial charge on any atom is 0.317 e. The number of carbonyl (C=O) groups is 2. The number of aliphatic carboxylic acids is 1. The summed E-state index contributed by atoms with van der Waals surface area (Å²) in [5.41, 5.74) is 0.389. The minimum atomic E-state index is -0.859. The van der Waals surface area contributed by atoms with Gasteiger partial charge in [-0.3, -0.25) is 4.79 Å². The molecule has 1 atom stereocenters. The number of hydrogen-bond donors (Lipinski definition) is 2. The summed E-state index contributed by atoms with van der Waals surface area (Å²) >= 11 is 0. The number of hydrogen-bond acceptors (Lipinski definition) is 2. The zero-order chi connectivity index (χ0) is 17.0. The fraction of sp³-hybridized carbons (Fsp3) is 0.529. The van der Waals surface area contributed by atoms with Gasteiger partial charge in [0.15, 0.2) is 0 Å². The van der Waals surface area contributed by atoms with Crippen LogP contribution in [0.3, 0.4) is 0 Å². The Kier molecular flexibility index (Phi) is 5.23. The van der Waals surface area contributed by atoms with Gasteiger partial charge >= 0.3 is 12.0 Å². The Morgan fingerprint density at radius 3 is 2.83 bits per heavy atom. The molecule has 23 heavy (non-hydrogen) atoms. The molecule has 0 aromatic heterocycles. The highest BCUT2D eigenvalue weighted by atomic mass is 19.1. The van der Waals surface area contributed by atoms with E-state index >= 15 is 0 Å². The maximum atomic E-state index is 13.4. The number of benzene rings is 1. The second-order valence-electron chi connectivity index (χ2n) is 6.68. The Labute approximate surface area is 135 Å². The normalized spacial score (nSPS) is 18.6. The van der Waals surface area contributed by atoms with Crippen molar-refractivity contribution >= 4 is 12.0 Å². The van der Waals surface area contributed by atoms with E-state index in [9.17, 15) is 14.0 Å². The number of nitrogens with one attached hydrogen (secondary N) is 1. The largest absolute Gasteiger partial charge is 0.481 e. The third kappa shape index (κ3) is 4.43. The maximum absolute atomic E-state index is 13.4. The fourth-order valence-corrected chi connectivity index (χ4v) is 2.78. The molecule has 0 bridgehead atoms. The van der Waals surface area contributed by atoms with Crippen LogP contribution in [0, 0.1) is 11.7 Å². The highest BCUT2D eigenvalue weighted by Gasteiger charge is 2.29. The lowest BCUT2D eigenvalue weighted by molar-refractivity contribution is -0.143. The molecule has 0 spiro atoms. The Balaban J connectivity index is 1.94. The van der Waals surface area contributed by atoms with Crippen LogP contribution in [-0.2, 0) is 10.2 Å². The van der Waals surface area contributed by atoms with E-state index < -0.39 is 17.3 Å². The molecule has 0 saturated carbocycles. The van der Waals surface area contributed by atoms with Gasteiger partial charge in [-0.2, -0.15) is 0 Å². The average molecular weight is 322 g/mol. The Bertz CT molecular complexity index is 589. The van der Waals surface area contributed by atoms with Gasteiger partial charge in [0, 0.05) is 25.0 Å². The molecule has 2 rings (SSSR count). The molecule has 1 heterocycles. The first-order valence-electron chi connectivity index (χ1n) is 7.81. The van der Waals surface area contributed by atoms with Crippen molar-refractivity contribution < 1.29 is 19.1 Å². The summed E-state index contributed by atoms with van der Waals surface area (Å²) in [5.74, 6) is -1.66. The molecule has 5 nitrogen and oxygen atoms in total. The van der Waals surface area contributed by atoms with Crippen molar-refractivity contribution in [2.45, 2.75) is 32.1 Å². The quantitative estimate of drug-likeness (QED) is 0.895. The van der Waals surface area contributed by atoms with E-state index in [-0.39, 0.29) is 18.4 Å². The topological polar surface area (TPSA) is 69.6 Å². The first-order valence-corrected chi connectivity index (χ1v) is 7.81. The molecule has 1 unspecified atom stereocenters. The van der Waals surface area contributed by atoms with E-state index in [1.165, 1.54) is 12.1 Å². The second kappa shape index (κ2) is 6.98. The molecular weight excluding hydrogens is 299 g/mol. The number of halogens is 1. The molecular formula is C17H23FN2O3. The summed E-state index contributed by atoms with van der Waals surface area (Å²) in [4.78, 5) is 24.9. The standard InChI is InChI=1S/C17H23FN2O3/c1-17(2,13-6-3-7-14(18)9-13)11-19-16(23)20-8-4-5-12(10-20)15(21)22/h3,6-7,9,12H,4-5,8,10-11H2,1-2H3,(H,19,23)(H,21,22). The highest BCUT2D eigenvalue weighted by Crippen LogP contribution is 2.23. The number of amides is 2. The first kappa shape index (κ1) is 17.2. The van der Waals surface area contributed by atoms with Crippen molar-refractivity contribution in [3.8, 4) is 0 Å². The SMILES string of the molecule is CC(C)(CNC(=O)N1CCCC(C(=O)O)C1)c1cccc(F)c1. The van der Waals surface area contributed by atoms with Crippen molar-refractivity contribution in [2.75, 3.05) is 19.6 Å². The lowest BCUT2D eigenvalue weighted by Crippen LogP contribution is -2.49. The lowest BCUT2D eigenvalue weighted by atomic mass is 9.84. The van der Waals surface area contributed by atoms with E-state index in [2.05, 4.69) is 5.32 Å². The number of likely N-dealkylation sites (tertiary alicyclic amines) is 1. The number of carbonyl (C=O) groups excluding carboxylic acids is 1. The second-order valence-corrected chi connectivity index (χ2v) is 6.68. The molecule has 1 fully saturated rings. The van der Waals surface area contributed by atoms with Crippen molar-refractivity contribution in [1.29, 1.82) is 0 Å². The number of carboxylic acids is 1. The monoisotopic (exact) mass is 322 g/mol. The van der Waals surface area contributed by atoms with Crippen LogP contribution in [0.1, 0.15) is 32.3 Å². The van der Waals surface area contributed by atoms with E-state index in [4.69, 9.17) is 5.11 Å². The number of rotatable bonds is 4. The fourth-order valence-electron chi connectivity index (χ4n) is 2.78. The van der Waals surface area contributed by atoms with Crippen LogP contribution < -0.4 is 5.32 Å². The van der Waals surface area contributed by atoms with Gasteiger partial charge in [-0.15, -0.1) is 0 Å². The third-order valence-corrected chi connectivity index (χ3v) is 4.35. The molecule has 2 amide bonds. The van der Waals surface area contributed by atoms with Gasteiger partial charge in [-0.25, -0.2) is 9.18 Å². The van der Waals surface area contributed by atoms with Crippen LogP contribution in [0.25, 0.3) is 0 Å². The molecule has 1 aliphatic heterocycles. The number of nitrogens with zero attached hydrogens (tertiary/aromatic N) is 1. The minimum Gasteiger partial charge on any atom is -0.481 e. The van der Waals surface area contributed by atoms with Gasteiger partial charge in [-0.1, -0.05) is 26.0 Å². The van der Waals surface area contributed by atoms with Crippen molar-refractivity contribution in [3.63, 3.8) is 0 Å². The van der Waals surface area contributed by atoms with Crippen LogP contribution in [0.2, 0.25) is 0 Å². The lowest BCUT2D eigenvalue weighted by Gasteiger charge is -2.32. The predicted molar refractivity (Wildman–Crippen MR) is 84.8 cm³/mol. The van der Waals surface area contributed by atoms with Crippen LogP contribution in [0.15, 0.2) is 24.3 Å². The zero-order valence-electron chi connectivity index (χ0n) is 13.5. The molecule has 1 aromatic rings. The predicted octanol–water partition coefficient (Wildman–Crippen LogP) is 2.61. The summed E-state index contributed by atoms with van der Waals surface area (Å²) in [5, 5.41) is 11.9. The van der Waals surface area contributed by atoms with Gasteiger partial charge in [0.25, 0.3) is 0 Å². The third-order valence-electron chi connectivity index (χ3n) is 4.35. The number of piperidine rings is 1. The van der Waals surface area contributed by atoms with E-state index in [1.807, 2.05) is 19.9 Å². The summed E-state index contributed by atoms with van der Waals surface area (Å²) < 4.78 is 13.4. The van der Waals surface area contributed by atoms with E-state index in [0.29, 0.717) is 25.9 Å². The van der Waals surface area contributed by atoms with Crippen LogP contribution >= 0.6 is 0 Å². The summed E-state index contributed by atoms with van der Waals surface area (Å²) in [6, 6.07) is 6.07. The van der Waals surface area contributed by atoms with E-state index in [0.717, 1.165) is 5.56 Å². The Hall–Kier alpha value is -2.11. The van der Waals surface area contributed by atoms with Crippen molar-refractivity contribution in [1.82, 2.24) is 10.2 Å². The van der Waals surface area contributed by atoms with Crippen molar-refractivity contribution in [3.05, 3.63) is 35.6 Å². The highest BCUT2D eigenvalue weighted by molar-refractivity contribution is 5.76. The van der Waals surface area contributed by atoms with Crippen LogP contribution in [-0.4, -0.2) is 41.6 Å². The van der Waals surface area contributed by atoms with Gasteiger partial charge in [0.1, 0.15) is 5.82 Å². The number of carboxylic acid groups (broad SMARTS) is 1. The van der Waals surface area contributed by atoms with Gasteiger partial charge in [0.2, 0.25) is 0 Å². The first-order chi connectivity index (χ1) is 10.8. The molecule has 0 aliphatic carbocycles. The number of urea groups is 1. The van der Waals surface area contributed by atoms with Crippen molar-refractivity contribution in [2.24, 2.45) is 5.92 Å². The molecule has 0 radical (unpaired) electrons. The molecule has 1 aliphatic rings. The van der Waals surface area contributed by atoms with Gasteiger partial charge in [0.05, 0.1) is 5.92 Å². The summed E-state index contributed by atoms with van der Waals surface area (Å²) in [6.45, 7) is 5.01. The van der Waals surface area contributed by atoms with Crippen LogP contribution in [0.5, 0.6) is 0 Å². The summed E-state index contributed by atoms with van der Waals surface area (Å²) in [7, 11) is 0. The minimum absolute atomic E-state index is 0.238. The zero-order valence-corrected chi connectivity index (χ0v) is 13.5. The average Bonchev–Trinajstić information content (AvgIpc) is 2.53. The molecule has 2 N–H and O–H groups in total. The molecule has 1 aromatic carbocycles. The van der Waals surface area contributed by atoms with Gasteiger partial charge < -0.3 is 15.3 Å². The van der Waals surface area contributed by atoms with Gasteiger partial charge in [-0.05, 0) is 30.5 Å². The molecule has 126 valence electrons. The molecule has 1 saturated heterocycles. The Morgan fingerprint density at radius 1 is 1.43 bits per heavy atom. The summed E-state index contributed by atoms with van der Waals surface area (Å²) in [6.07, 6.45) is 1.30. The van der Waals surface area contributed by atoms with Crippen LogP contribution in [0.4, 0.5) is 9.18 Å². The molecule has 6 heteroatoms. The Morgan fingerprint density at radius 2 is 2.17 bits per heavy atom.